The van der Waals surface area contributed by atoms with Gasteiger partial charge < -0.3 is 14.5 Å². The van der Waals surface area contributed by atoms with Crippen LogP contribution in [0.1, 0.15) is 37.0 Å². The maximum Gasteiger partial charge on any atom is 0.289 e. The molecule has 0 aliphatic rings. The van der Waals surface area contributed by atoms with E-state index in [1.807, 2.05) is 27.8 Å². The predicted molar refractivity (Wildman–Crippen MR) is 81.5 cm³/mol. The van der Waals surface area contributed by atoms with Crippen LogP contribution in [0.3, 0.4) is 0 Å². The zero-order valence-electron chi connectivity index (χ0n) is 13.6. The summed E-state index contributed by atoms with van der Waals surface area (Å²) >= 11 is 0. The molecule has 0 fully saturated rings. The second-order valence-electron chi connectivity index (χ2n) is 5.81. The van der Waals surface area contributed by atoms with Crippen LogP contribution in [0.4, 0.5) is 0 Å². The summed E-state index contributed by atoms with van der Waals surface area (Å²) in [5.74, 6) is 0.298. The third-order valence-corrected chi connectivity index (χ3v) is 3.07. The standard InChI is InChI=1S/C15H22N4O3/c1-6-21-9-15(3,4)18-13(20)12-10(2)17-14(22-12)11-7-16-19(5)8-11/h7-8H,6,9H2,1-5H3,(H,18,20). The lowest BCUT2D eigenvalue weighted by Crippen LogP contribution is -2.47. The number of carbonyl (C=O) groups is 1. The van der Waals surface area contributed by atoms with Crippen molar-refractivity contribution in [3.05, 3.63) is 23.8 Å². The molecule has 0 unspecified atom stereocenters. The van der Waals surface area contributed by atoms with E-state index in [4.69, 9.17) is 9.15 Å². The van der Waals surface area contributed by atoms with E-state index in [0.717, 1.165) is 5.56 Å². The minimum absolute atomic E-state index is 0.212. The van der Waals surface area contributed by atoms with Gasteiger partial charge in [-0.05, 0) is 27.7 Å². The third-order valence-electron chi connectivity index (χ3n) is 3.07. The molecule has 0 bridgehead atoms. The van der Waals surface area contributed by atoms with Crippen LogP contribution in [0.25, 0.3) is 11.5 Å². The highest BCUT2D eigenvalue weighted by atomic mass is 16.5. The number of ether oxygens (including phenoxy) is 1. The molecule has 0 saturated heterocycles. The third kappa shape index (κ3) is 3.73. The van der Waals surface area contributed by atoms with Crippen molar-refractivity contribution in [2.45, 2.75) is 33.2 Å². The first kappa shape index (κ1) is 16.2. The molecule has 0 saturated carbocycles. The Morgan fingerprint density at radius 2 is 2.23 bits per heavy atom. The molecule has 0 aliphatic carbocycles. The summed E-state index contributed by atoms with van der Waals surface area (Å²) in [6.45, 7) is 8.48. The Balaban J connectivity index is 2.15. The molecule has 0 aliphatic heterocycles. The summed E-state index contributed by atoms with van der Waals surface area (Å²) in [6, 6.07) is 0. The van der Waals surface area contributed by atoms with E-state index in [9.17, 15) is 4.79 Å². The highest BCUT2D eigenvalue weighted by Gasteiger charge is 2.26. The lowest BCUT2D eigenvalue weighted by atomic mass is 10.1. The highest BCUT2D eigenvalue weighted by Crippen LogP contribution is 2.21. The van der Waals surface area contributed by atoms with Crippen molar-refractivity contribution in [2.75, 3.05) is 13.2 Å². The molecule has 0 aromatic carbocycles. The largest absolute Gasteiger partial charge is 0.431 e. The number of hydrogen-bond donors (Lipinski definition) is 1. The van der Waals surface area contributed by atoms with Gasteiger partial charge in [0.05, 0.1) is 29.6 Å². The van der Waals surface area contributed by atoms with Gasteiger partial charge in [0.15, 0.2) is 0 Å². The first-order chi connectivity index (χ1) is 10.3. The quantitative estimate of drug-likeness (QED) is 0.881. The molecular formula is C15H22N4O3. The Morgan fingerprint density at radius 1 is 1.50 bits per heavy atom. The SMILES string of the molecule is CCOCC(C)(C)NC(=O)c1oc(-c2cnn(C)c2)nc1C. The van der Waals surface area contributed by atoms with E-state index >= 15 is 0 Å². The number of carbonyl (C=O) groups excluding carboxylic acids is 1. The second kappa shape index (κ2) is 6.31. The van der Waals surface area contributed by atoms with Gasteiger partial charge in [-0.3, -0.25) is 9.48 Å². The molecule has 0 spiro atoms. The van der Waals surface area contributed by atoms with Crippen molar-refractivity contribution < 1.29 is 13.9 Å². The zero-order valence-corrected chi connectivity index (χ0v) is 13.6. The smallest absolute Gasteiger partial charge is 0.289 e. The zero-order chi connectivity index (χ0) is 16.3. The summed E-state index contributed by atoms with van der Waals surface area (Å²) < 4.78 is 12.6. The van der Waals surface area contributed by atoms with E-state index in [0.29, 0.717) is 24.8 Å². The highest BCUT2D eigenvalue weighted by molar-refractivity contribution is 5.93. The van der Waals surface area contributed by atoms with Crippen LogP contribution >= 0.6 is 0 Å². The van der Waals surface area contributed by atoms with Crippen molar-refractivity contribution >= 4 is 5.91 Å². The number of aromatic nitrogens is 3. The molecule has 2 rings (SSSR count). The Bertz CT molecular complexity index is 658. The average molecular weight is 306 g/mol. The second-order valence-corrected chi connectivity index (χ2v) is 5.81. The van der Waals surface area contributed by atoms with Crippen molar-refractivity contribution in [1.29, 1.82) is 0 Å². The van der Waals surface area contributed by atoms with Gasteiger partial charge in [-0.15, -0.1) is 0 Å². The molecule has 1 amide bonds. The van der Waals surface area contributed by atoms with E-state index < -0.39 is 5.54 Å². The van der Waals surface area contributed by atoms with E-state index in [1.165, 1.54) is 0 Å². The number of hydrogen-bond acceptors (Lipinski definition) is 5. The fourth-order valence-corrected chi connectivity index (χ4v) is 2.02. The molecule has 2 aromatic rings. The fraction of sp³-hybridized carbons (Fsp3) is 0.533. The molecule has 7 nitrogen and oxygen atoms in total. The topological polar surface area (TPSA) is 82.2 Å². The summed E-state index contributed by atoms with van der Waals surface area (Å²) in [5.41, 5.74) is 0.794. The van der Waals surface area contributed by atoms with E-state index in [2.05, 4.69) is 15.4 Å². The molecule has 7 heteroatoms. The Labute approximate surface area is 129 Å². The maximum atomic E-state index is 12.4. The Kier molecular flexibility index (Phi) is 4.65. The molecule has 0 radical (unpaired) electrons. The van der Waals surface area contributed by atoms with Gasteiger partial charge in [-0.1, -0.05) is 0 Å². The number of rotatable bonds is 6. The van der Waals surface area contributed by atoms with Crippen LogP contribution < -0.4 is 5.32 Å². The van der Waals surface area contributed by atoms with Gasteiger partial charge in [0.25, 0.3) is 5.91 Å². The maximum absolute atomic E-state index is 12.4. The van der Waals surface area contributed by atoms with Gasteiger partial charge >= 0.3 is 0 Å². The van der Waals surface area contributed by atoms with Crippen molar-refractivity contribution in [1.82, 2.24) is 20.1 Å². The first-order valence-electron chi connectivity index (χ1n) is 7.19. The molecule has 22 heavy (non-hydrogen) atoms. The van der Waals surface area contributed by atoms with Crippen LogP contribution in [-0.4, -0.2) is 39.4 Å². The minimum Gasteiger partial charge on any atom is -0.431 e. The minimum atomic E-state index is -0.485. The number of nitrogens with zero attached hydrogens (tertiary/aromatic N) is 3. The number of aryl methyl sites for hydroxylation is 2. The van der Waals surface area contributed by atoms with E-state index in [-0.39, 0.29) is 11.7 Å². The number of nitrogens with one attached hydrogen (secondary N) is 1. The number of oxazole rings is 1. The summed E-state index contributed by atoms with van der Waals surface area (Å²) in [5, 5.41) is 6.97. The van der Waals surface area contributed by atoms with E-state index in [1.54, 1.807) is 24.0 Å². The van der Waals surface area contributed by atoms with Crippen LogP contribution in [0.15, 0.2) is 16.8 Å². The molecule has 1 N–H and O–H groups in total. The van der Waals surface area contributed by atoms with Gasteiger partial charge in [0.1, 0.15) is 0 Å². The van der Waals surface area contributed by atoms with Crippen LogP contribution in [0.5, 0.6) is 0 Å². The lowest BCUT2D eigenvalue weighted by Gasteiger charge is -2.25. The van der Waals surface area contributed by atoms with Crippen molar-refractivity contribution in [3.8, 4) is 11.5 Å². The lowest BCUT2D eigenvalue weighted by molar-refractivity contribution is 0.0705. The molecular weight excluding hydrogens is 284 g/mol. The Morgan fingerprint density at radius 3 is 2.82 bits per heavy atom. The molecule has 120 valence electrons. The van der Waals surface area contributed by atoms with Crippen molar-refractivity contribution in [2.24, 2.45) is 7.05 Å². The molecule has 0 atom stereocenters. The van der Waals surface area contributed by atoms with Gasteiger partial charge in [-0.2, -0.15) is 5.10 Å². The fourth-order valence-electron chi connectivity index (χ4n) is 2.02. The monoisotopic (exact) mass is 306 g/mol. The first-order valence-corrected chi connectivity index (χ1v) is 7.19. The molecule has 2 aromatic heterocycles. The van der Waals surface area contributed by atoms with Crippen molar-refractivity contribution in [3.63, 3.8) is 0 Å². The summed E-state index contributed by atoms with van der Waals surface area (Å²) in [4.78, 5) is 16.7. The molecule has 2 heterocycles. The van der Waals surface area contributed by atoms with Gasteiger partial charge in [0.2, 0.25) is 11.7 Å². The van der Waals surface area contributed by atoms with Gasteiger partial charge in [-0.25, -0.2) is 4.98 Å². The number of amides is 1. The van der Waals surface area contributed by atoms with Crippen LogP contribution in [0.2, 0.25) is 0 Å². The van der Waals surface area contributed by atoms with Crippen LogP contribution in [-0.2, 0) is 11.8 Å². The Hall–Kier alpha value is -2.15. The predicted octanol–water partition coefficient (Wildman–Crippen LogP) is 1.93. The summed E-state index contributed by atoms with van der Waals surface area (Å²) in [6.07, 6.45) is 3.43. The average Bonchev–Trinajstić information content (AvgIpc) is 3.02. The van der Waals surface area contributed by atoms with Crippen LogP contribution in [0, 0.1) is 6.92 Å². The van der Waals surface area contributed by atoms with Gasteiger partial charge in [0, 0.05) is 19.9 Å². The normalized spacial score (nSPS) is 11.7. The summed E-state index contributed by atoms with van der Waals surface area (Å²) in [7, 11) is 1.81.